The van der Waals surface area contributed by atoms with E-state index in [0.29, 0.717) is 10.8 Å². The fraction of sp³-hybridized carbons (Fsp3) is 0.0714. The van der Waals surface area contributed by atoms with Gasteiger partial charge >= 0.3 is 0 Å². The highest BCUT2D eigenvalue weighted by atomic mass is 35.5. The van der Waals surface area contributed by atoms with E-state index in [4.69, 9.17) is 16.3 Å². The summed E-state index contributed by atoms with van der Waals surface area (Å²) in [5.41, 5.74) is 1.69. The molecule has 0 aliphatic carbocycles. The number of benzene rings is 2. The first kappa shape index (κ1) is 12.6. The summed E-state index contributed by atoms with van der Waals surface area (Å²) in [6.07, 6.45) is 0. The van der Waals surface area contributed by atoms with Gasteiger partial charge in [-0.1, -0.05) is 11.6 Å². The van der Waals surface area contributed by atoms with Crippen molar-refractivity contribution >= 4 is 11.6 Å². The summed E-state index contributed by atoms with van der Waals surface area (Å²) in [7, 11) is 1.63. The minimum absolute atomic E-state index is 0.558. The molecule has 1 aromatic heterocycles. The molecule has 5 nitrogen and oxygen atoms in total. The molecule has 0 aliphatic rings. The van der Waals surface area contributed by atoms with Crippen molar-refractivity contribution < 1.29 is 4.74 Å². The lowest BCUT2D eigenvalue weighted by Crippen LogP contribution is -1.98. The summed E-state index contributed by atoms with van der Waals surface area (Å²) in [5.74, 6) is 1.35. The second kappa shape index (κ2) is 5.30. The SMILES string of the molecule is COc1ccc(-c2nnn(-c3ccc(Cl)cc3)n2)cc1. The minimum Gasteiger partial charge on any atom is -0.497 e. The third-order valence-corrected chi connectivity index (χ3v) is 3.07. The molecule has 0 bridgehead atoms. The Kier molecular flexibility index (Phi) is 3.35. The Morgan fingerprint density at radius 3 is 2.35 bits per heavy atom. The van der Waals surface area contributed by atoms with Crippen molar-refractivity contribution in [3.8, 4) is 22.8 Å². The average molecular weight is 287 g/mol. The van der Waals surface area contributed by atoms with Crippen LogP contribution in [0.1, 0.15) is 0 Å². The van der Waals surface area contributed by atoms with Crippen LogP contribution >= 0.6 is 11.6 Å². The number of nitrogens with zero attached hydrogens (tertiary/aromatic N) is 4. The molecule has 0 radical (unpaired) electrons. The molecular formula is C14H11ClN4O. The third-order valence-electron chi connectivity index (χ3n) is 2.82. The van der Waals surface area contributed by atoms with Crippen LogP contribution in [0.5, 0.6) is 5.75 Å². The van der Waals surface area contributed by atoms with Gasteiger partial charge in [0.05, 0.1) is 12.8 Å². The molecule has 0 amide bonds. The summed E-state index contributed by atoms with van der Waals surface area (Å²) in [5, 5.41) is 13.1. The van der Waals surface area contributed by atoms with E-state index < -0.39 is 0 Å². The lowest BCUT2D eigenvalue weighted by molar-refractivity contribution is 0.415. The predicted octanol–water partition coefficient (Wildman–Crippen LogP) is 2.99. The number of tetrazole rings is 1. The normalized spacial score (nSPS) is 10.5. The molecule has 0 saturated carbocycles. The second-order valence-corrected chi connectivity index (χ2v) is 4.54. The summed E-state index contributed by atoms with van der Waals surface area (Å²) >= 11 is 5.85. The van der Waals surface area contributed by atoms with E-state index in [9.17, 15) is 0 Å². The molecule has 20 heavy (non-hydrogen) atoms. The molecule has 6 heteroatoms. The fourth-order valence-electron chi connectivity index (χ4n) is 1.75. The van der Waals surface area contributed by atoms with Crippen LogP contribution in [0.2, 0.25) is 5.02 Å². The number of methoxy groups -OCH3 is 1. The van der Waals surface area contributed by atoms with Gasteiger partial charge in [0.15, 0.2) is 0 Å². The van der Waals surface area contributed by atoms with E-state index in [2.05, 4.69) is 15.4 Å². The van der Waals surface area contributed by atoms with Crippen molar-refractivity contribution in [1.29, 1.82) is 0 Å². The first-order chi connectivity index (χ1) is 9.76. The third kappa shape index (κ3) is 2.48. The van der Waals surface area contributed by atoms with E-state index in [1.807, 2.05) is 36.4 Å². The van der Waals surface area contributed by atoms with Gasteiger partial charge in [-0.05, 0) is 53.7 Å². The summed E-state index contributed by atoms with van der Waals surface area (Å²) < 4.78 is 5.12. The molecule has 0 aliphatic heterocycles. The lowest BCUT2D eigenvalue weighted by Gasteiger charge is -1.99. The smallest absolute Gasteiger partial charge is 0.205 e. The predicted molar refractivity (Wildman–Crippen MR) is 76.2 cm³/mol. The van der Waals surface area contributed by atoms with Gasteiger partial charge < -0.3 is 4.74 Å². The monoisotopic (exact) mass is 286 g/mol. The molecular weight excluding hydrogens is 276 g/mol. The standard InChI is InChI=1S/C14H11ClN4O/c1-20-13-8-2-10(3-9-13)14-16-18-19(17-14)12-6-4-11(15)5-7-12/h2-9H,1H3. The van der Waals surface area contributed by atoms with Gasteiger partial charge in [0.25, 0.3) is 0 Å². The highest BCUT2D eigenvalue weighted by Gasteiger charge is 2.07. The van der Waals surface area contributed by atoms with Crippen LogP contribution in [0.3, 0.4) is 0 Å². The average Bonchev–Trinajstić information content (AvgIpc) is 2.98. The van der Waals surface area contributed by atoms with Gasteiger partial charge in [0, 0.05) is 10.6 Å². The zero-order chi connectivity index (χ0) is 13.9. The fourth-order valence-corrected chi connectivity index (χ4v) is 1.88. The van der Waals surface area contributed by atoms with Gasteiger partial charge in [-0.25, -0.2) is 0 Å². The van der Waals surface area contributed by atoms with Crippen LogP contribution in [0.15, 0.2) is 48.5 Å². The minimum atomic E-state index is 0.558. The van der Waals surface area contributed by atoms with Crippen molar-refractivity contribution in [3.63, 3.8) is 0 Å². The zero-order valence-corrected chi connectivity index (χ0v) is 11.4. The van der Waals surface area contributed by atoms with Gasteiger partial charge in [-0.2, -0.15) is 0 Å². The topological polar surface area (TPSA) is 52.8 Å². The lowest BCUT2D eigenvalue weighted by atomic mass is 10.2. The van der Waals surface area contributed by atoms with E-state index in [1.54, 1.807) is 19.2 Å². The first-order valence-electron chi connectivity index (χ1n) is 5.96. The molecule has 1 heterocycles. The van der Waals surface area contributed by atoms with E-state index >= 15 is 0 Å². The van der Waals surface area contributed by atoms with Crippen LogP contribution in [-0.2, 0) is 0 Å². The molecule has 0 spiro atoms. The molecule has 0 fully saturated rings. The molecule has 0 saturated heterocycles. The Morgan fingerprint density at radius 1 is 1.00 bits per heavy atom. The van der Waals surface area contributed by atoms with Gasteiger partial charge in [0.2, 0.25) is 5.82 Å². The molecule has 0 unspecified atom stereocenters. The zero-order valence-electron chi connectivity index (χ0n) is 10.7. The highest BCUT2D eigenvalue weighted by Crippen LogP contribution is 2.19. The Hall–Kier alpha value is -2.40. The van der Waals surface area contributed by atoms with Crippen LogP contribution in [0.25, 0.3) is 17.1 Å². The second-order valence-electron chi connectivity index (χ2n) is 4.11. The Bertz CT molecular complexity index is 707. The number of halogens is 1. The summed E-state index contributed by atoms with van der Waals surface area (Å²) in [4.78, 5) is 1.47. The largest absolute Gasteiger partial charge is 0.497 e. The van der Waals surface area contributed by atoms with E-state index in [-0.39, 0.29) is 0 Å². The molecule has 0 atom stereocenters. The number of ether oxygens (including phenoxy) is 1. The summed E-state index contributed by atoms with van der Waals surface area (Å²) in [6, 6.07) is 14.7. The first-order valence-corrected chi connectivity index (χ1v) is 6.34. The number of rotatable bonds is 3. The van der Waals surface area contributed by atoms with Crippen molar-refractivity contribution in [2.24, 2.45) is 0 Å². The Morgan fingerprint density at radius 2 is 1.70 bits per heavy atom. The van der Waals surface area contributed by atoms with E-state index in [1.165, 1.54) is 4.80 Å². The summed E-state index contributed by atoms with van der Waals surface area (Å²) in [6.45, 7) is 0. The van der Waals surface area contributed by atoms with Crippen LogP contribution in [0, 0.1) is 0 Å². The Labute approximate surface area is 120 Å². The Balaban J connectivity index is 1.91. The van der Waals surface area contributed by atoms with Crippen LogP contribution in [-0.4, -0.2) is 27.3 Å². The maximum Gasteiger partial charge on any atom is 0.205 e. The van der Waals surface area contributed by atoms with E-state index in [0.717, 1.165) is 17.0 Å². The van der Waals surface area contributed by atoms with Crippen molar-refractivity contribution in [1.82, 2.24) is 20.2 Å². The van der Waals surface area contributed by atoms with Gasteiger partial charge in [-0.15, -0.1) is 15.0 Å². The maximum absolute atomic E-state index is 5.85. The highest BCUT2D eigenvalue weighted by molar-refractivity contribution is 6.30. The maximum atomic E-state index is 5.85. The van der Waals surface area contributed by atoms with Gasteiger partial charge in [0.1, 0.15) is 5.75 Å². The molecule has 3 aromatic rings. The number of hydrogen-bond donors (Lipinski definition) is 0. The molecule has 0 N–H and O–H groups in total. The van der Waals surface area contributed by atoms with Crippen molar-refractivity contribution in [2.75, 3.05) is 7.11 Å². The number of aromatic nitrogens is 4. The molecule has 3 rings (SSSR count). The number of hydrogen-bond acceptors (Lipinski definition) is 4. The molecule has 2 aromatic carbocycles. The van der Waals surface area contributed by atoms with Crippen molar-refractivity contribution in [2.45, 2.75) is 0 Å². The van der Waals surface area contributed by atoms with Crippen molar-refractivity contribution in [3.05, 3.63) is 53.6 Å². The van der Waals surface area contributed by atoms with Crippen LogP contribution in [0.4, 0.5) is 0 Å². The molecule has 100 valence electrons. The van der Waals surface area contributed by atoms with Crippen LogP contribution < -0.4 is 4.74 Å². The quantitative estimate of drug-likeness (QED) is 0.743. The van der Waals surface area contributed by atoms with Gasteiger partial charge in [-0.3, -0.25) is 0 Å².